The van der Waals surface area contributed by atoms with E-state index in [1.54, 1.807) is 0 Å². The molecule has 5 nitrogen and oxygen atoms in total. The monoisotopic (exact) mass is 359 g/mol. The number of carbonyl (C=O) groups is 1. The molecule has 2 aliphatic heterocycles. The first-order valence-corrected chi connectivity index (χ1v) is 9.97. The second-order valence-electron chi connectivity index (χ2n) is 8.13. The largest absolute Gasteiger partial charge is 0.379 e. The molecule has 0 saturated carbocycles. The molecule has 1 N–H and O–H groups in total. The van der Waals surface area contributed by atoms with Crippen molar-refractivity contribution in [1.82, 2.24) is 15.1 Å². The van der Waals surface area contributed by atoms with Crippen LogP contribution in [0.5, 0.6) is 0 Å². The van der Waals surface area contributed by atoms with Crippen molar-refractivity contribution in [2.24, 2.45) is 0 Å². The van der Waals surface area contributed by atoms with E-state index in [0.29, 0.717) is 6.54 Å². The Labute approximate surface area is 157 Å². The fourth-order valence-corrected chi connectivity index (χ4v) is 3.82. The van der Waals surface area contributed by atoms with E-state index in [9.17, 15) is 4.79 Å². The van der Waals surface area contributed by atoms with E-state index in [1.165, 1.54) is 37.9 Å². The molecule has 2 aliphatic rings. The molecule has 0 radical (unpaired) electrons. The first-order valence-electron chi connectivity index (χ1n) is 9.97. The lowest BCUT2D eigenvalue weighted by molar-refractivity contribution is -0.00923. The smallest absolute Gasteiger partial charge is 0.251 e. The van der Waals surface area contributed by atoms with Gasteiger partial charge in [-0.1, -0.05) is 18.6 Å². The van der Waals surface area contributed by atoms with Crippen LogP contribution in [0.2, 0.25) is 0 Å². The average Bonchev–Trinajstić information content (AvgIpc) is 2.68. The van der Waals surface area contributed by atoms with Crippen molar-refractivity contribution in [3.05, 3.63) is 35.4 Å². The third-order valence-electron chi connectivity index (χ3n) is 5.62. The predicted molar refractivity (Wildman–Crippen MR) is 104 cm³/mol. The highest BCUT2D eigenvalue weighted by Crippen LogP contribution is 2.16. The maximum absolute atomic E-state index is 12.5. The van der Waals surface area contributed by atoms with Gasteiger partial charge < -0.3 is 10.1 Å². The molecule has 0 aromatic heterocycles. The van der Waals surface area contributed by atoms with E-state index in [0.717, 1.165) is 38.4 Å². The van der Waals surface area contributed by atoms with Gasteiger partial charge in [-0.2, -0.15) is 0 Å². The summed E-state index contributed by atoms with van der Waals surface area (Å²) in [6, 6.07) is 8.10. The molecule has 2 fully saturated rings. The van der Waals surface area contributed by atoms with Gasteiger partial charge in [0, 0.05) is 37.3 Å². The van der Waals surface area contributed by atoms with Crippen LogP contribution in [0.15, 0.2) is 24.3 Å². The van der Waals surface area contributed by atoms with E-state index < -0.39 is 0 Å². The van der Waals surface area contributed by atoms with Crippen molar-refractivity contribution in [2.45, 2.75) is 45.2 Å². The maximum Gasteiger partial charge on any atom is 0.251 e. The summed E-state index contributed by atoms with van der Waals surface area (Å²) in [5, 5.41) is 3.11. The molecule has 2 heterocycles. The molecule has 0 bridgehead atoms. The summed E-state index contributed by atoms with van der Waals surface area (Å²) >= 11 is 0. The van der Waals surface area contributed by atoms with E-state index in [2.05, 4.69) is 41.1 Å². The topological polar surface area (TPSA) is 44.8 Å². The van der Waals surface area contributed by atoms with Gasteiger partial charge in [-0.25, -0.2) is 0 Å². The van der Waals surface area contributed by atoms with Gasteiger partial charge >= 0.3 is 0 Å². The third-order valence-corrected chi connectivity index (χ3v) is 5.62. The molecule has 0 unspecified atom stereocenters. The number of likely N-dealkylation sites (tertiary alicyclic amines) is 1. The normalized spacial score (nSPS) is 20.1. The van der Waals surface area contributed by atoms with Crippen molar-refractivity contribution in [2.75, 3.05) is 45.9 Å². The maximum atomic E-state index is 12.5. The second-order valence-corrected chi connectivity index (χ2v) is 8.13. The number of nitrogens with zero attached hydrogens (tertiary/aromatic N) is 2. The van der Waals surface area contributed by atoms with E-state index in [4.69, 9.17) is 4.74 Å². The Kier molecular flexibility index (Phi) is 6.68. The van der Waals surface area contributed by atoms with Crippen molar-refractivity contribution < 1.29 is 9.53 Å². The molecule has 0 aliphatic carbocycles. The molecule has 3 rings (SSSR count). The Hall–Kier alpha value is -1.43. The number of rotatable bonds is 6. The van der Waals surface area contributed by atoms with Gasteiger partial charge in [-0.05, 0) is 57.5 Å². The number of carbonyl (C=O) groups excluding carboxylic acids is 1. The second kappa shape index (κ2) is 8.98. The summed E-state index contributed by atoms with van der Waals surface area (Å²) in [5.41, 5.74) is 1.97. The summed E-state index contributed by atoms with van der Waals surface area (Å²) in [6.07, 6.45) is 3.97. The molecular formula is C21H33N3O2. The SMILES string of the molecule is CC(C)(CNC(=O)c1ccc(CN2CCCCC2)cc1)N1CCOCC1. The molecule has 144 valence electrons. The Morgan fingerprint density at radius 1 is 1.04 bits per heavy atom. The molecule has 1 aromatic carbocycles. The van der Waals surface area contributed by atoms with Crippen LogP contribution in [-0.4, -0.2) is 67.2 Å². The Bertz CT molecular complexity index is 573. The van der Waals surface area contributed by atoms with Crippen LogP contribution in [0.25, 0.3) is 0 Å². The van der Waals surface area contributed by atoms with Crippen molar-refractivity contribution in [3.8, 4) is 0 Å². The van der Waals surface area contributed by atoms with Crippen molar-refractivity contribution in [3.63, 3.8) is 0 Å². The third kappa shape index (κ3) is 5.29. The van der Waals surface area contributed by atoms with Crippen molar-refractivity contribution in [1.29, 1.82) is 0 Å². The molecule has 26 heavy (non-hydrogen) atoms. The standard InChI is InChI=1S/C21H33N3O2/c1-21(2,24-12-14-26-15-13-24)17-22-20(25)19-8-6-18(7-9-19)16-23-10-4-3-5-11-23/h6-9H,3-5,10-17H2,1-2H3,(H,22,25). The van der Waals surface area contributed by atoms with Gasteiger partial charge in [-0.3, -0.25) is 14.6 Å². The van der Waals surface area contributed by atoms with Crippen LogP contribution < -0.4 is 5.32 Å². The highest BCUT2D eigenvalue weighted by molar-refractivity contribution is 5.94. The number of benzene rings is 1. The van der Waals surface area contributed by atoms with E-state index in [-0.39, 0.29) is 11.4 Å². The first-order chi connectivity index (χ1) is 12.5. The zero-order chi connectivity index (χ0) is 18.4. The quantitative estimate of drug-likeness (QED) is 0.848. The van der Waals surface area contributed by atoms with Gasteiger partial charge in [0.1, 0.15) is 0 Å². The van der Waals surface area contributed by atoms with Gasteiger partial charge in [0.05, 0.1) is 13.2 Å². The molecule has 1 aromatic rings. The zero-order valence-electron chi connectivity index (χ0n) is 16.3. The van der Waals surface area contributed by atoms with Gasteiger partial charge in [-0.15, -0.1) is 0 Å². The summed E-state index contributed by atoms with van der Waals surface area (Å²) in [4.78, 5) is 17.4. The van der Waals surface area contributed by atoms with Crippen LogP contribution in [-0.2, 0) is 11.3 Å². The fourth-order valence-electron chi connectivity index (χ4n) is 3.82. The average molecular weight is 360 g/mol. The summed E-state index contributed by atoms with van der Waals surface area (Å²) < 4.78 is 5.42. The minimum atomic E-state index is -0.0619. The highest BCUT2D eigenvalue weighted by Gasteiger charge is 2.28. The fraction of sp³-hybridized carbons (Fsp3) is 0.667. The number of morpholine rings is 1. The van der Waals surface area contributed by atoms with Gasteiger partial charge in [0.15, 0.2) is 0 Å². The van der Waals surface area contributed by atoms with Crippen LogP contribution in [0, 0.1) is 0 Å². The minimum absolute atomic E-state index is 0.0101. The van der Waals surface area contributed by atoms with E-state index in [1.807, 2.05) is 12.1 Å². The number of piperidine rings is 1. The Balaban J connectivity index is 1.49. The zero-order valence-corrected chi connectivity index (χ0v) is 16.3. The summed E-state index contributed by atoms with van der Waals surface area (Å²) in [6.45, 7) is 11.8. The highest BCUT2D eigenvalue weighted by atomic mass is 16.5. The lowest BCUT2D eigenvalue weighted by Gasteiger charge is -2.40. The van der Waals surface area contributed by atoms with Crippen LogP contribution in [0.1, 0.15) is 49.0 Å². The van der Waals surface area contributed by atoms with Crippen LogP contribution in [0.4, 0.5) is 0 Å². The first kappa shape index (κ1) is 19.3. The molecule has 2 saturated heterocycles. The lowest BCUT2D eigenvalue weighted by atomic mass is 10.0. The van der Waals surface area contributed by atoms with Crippen molar-refractivity contribution >= 4 is 5.91 Å². The summed E-state index contributed by atoms with van der Waals surface area (Å²) in [7, 11) is 0. The summed E-state index contributed by atoms with van der Waals surface area (Å²) in [5.74, 6) is 0.0101. The number of amides is 1. The lowest BCUT2D eigenvalue weighted by Crippen LogP contribution is -2.55. The number of nitrogens with one attached hydrogen (secondary N) is 1. The van der Waals surface area contributed by atoms with Crippen LogP contribution in [0.3, 0.4) is 0 Å². The molecule has 1 amide bonds. The molecular weight excluding hydrogens is 326 g/mol. The Morgan fingerprint density at radius 3 is 2.35 bits per heavy atom. The molecule has 0 spiro atoms. The Morgan fingerprint density at radius 2 is 1.69 bits per heavy atom. The number of ether oxygens (including phenoxy) is 1. The molecule has 5 heteroatoms. The van der Waals surface area contributed by atoms with Gasteiger partial charge in [0.2, 0.25) is 0 Å². The molecule has 0 atom stereocenters. The predicted octanol–water partition coefficient (Wildman–Crippen LogP) is 2.51. The number of hydrogen-bond acceptors (Lipinski definition) is 4. The van der Waals surface area contributed by atoms with Gasteiger partial charge in [0.25, 0.3) is 5.91 Å². The van der Waals surface area contributed by atoms with Crippen LogP contribution >= 0.6 is 0 Å². The van der Waals surface area contributed by atoms with E-state index >= 15 is 0 Å². The minimum Gasteiger partial charge on any atom is -0.379 e. The number of hydrogen-bond donors (Lipinski definition) is 1.